The first-order chi connectivity index (χ1) is 13.2. The number of hydrogen-bond donors (Lipinski definition) is 1. The first kappa shape index (κ1) is 17.6. The summed E-state index contributed by atoms with van der Waals surface area (Å²) < 4.78 is 0. The molecule has 0 spiro atoms. The Morgan fingerprint density at radius 2 is 1.85 bits per heavy atom. The molecule has 0 fully saturated rings. The van der Waals surface area contributed by atoms with Crippen molar-refractivity contribution >= 4 is 23.2 Å². The lowest BCUT2D eigenvalue weighted by Crippen LogP contribution is -2.31. The summed E-state index contributed by atoms with van der Waals surface area (Å²) in [5.41, 5.74) is 5.20. The highest BCUT2D eigenvalue weighted by atomic mass is 35.5. The molecule has 136 valence electrons. The topological polar surface area (TPSA) is 45.2 Å². The molecule has 0 bridgehead atoms. The number of rotatable bonds is 4. The van der Waals surface area contributed by atoms with Gasteiger partial charge in [-0.1, -0.05) is 48.0 Å². The molecule has 0 saturated heterocycles. The Kier molecular flexibility index (Phi) is 5.07. The number of nitrogens with one attached hydrogen (secondary N) is 1. The highest BCUT2D eigenvalue weighted by molar-refractivity contribution is 6.30. The van der Waals surface area contributed by atoms with E-state index >= 15 is 0 Å². The van der Waals surface area contributed by atoms with Crippen LogP contribution in [0.3, 0.4) is 0 Å². The number of pyridine rings is 1. The smallest absolute Gasteiger partial charge is 0.270 e. The molecule has 1 aliphatic heterocycles. The summed E-state index contributed by atoms with van der Waals surface area (Å²) in [6.45, 7) is 2.23. The molecule has 2 aromatic carbocycles. The average molecular weight is 378 g/mol. The summed E-state index contributed by atoms with van der Waals surface area (Å²) in [5.74, 6) is -0.177. The van der Waals surface area contributed by atoms with Gasteiger partial charge in [0.2, 0.25) is 0 Å². The highest BCUT2D eigenvalue weighted by Gasteiger charge is 2.17. The van der Waals surface area contributed by atoms with Crippen molar-refractivity contribution in [1.29, 1.82) is 0 Å². The Balaban J connectivity index is 1.44. The number of nitrogens with zero attached hydrogens (tertiary/aromatic N) is 2. The molecule has 3 aromatic rings. The van der Waals surface area contributed by atoms with Crippen molar-refractivity contribution in [2.24, 2.45) is 0 Å². The van der Waals surface area contributed by atoms with Gasteiger partial charge in [0.05, 0.1) is 0 Å². The second kappa shape index (κ2) is 7.80. The summed E-state index contributed by atoms with van der Waals surface area (Å²) in [7, 11) is 0. The molecule has 0 aliphatic carbocycles. The average Bonchev–Trinajstić information content (AvgIpc) is 2.73. The van der Waals surface area contributed by atoms with Crippen LogP contribution in [0.5, 0.6) is 0 Å². The van der Waals surface area contributed by atoms with Crippen LogP contribution in [0, 0.1) is 0 Å². The molecule has 1 aliphatic rings. The number of carbonyl (C=O) groups is 1. The maximum absolute atomic E-state index is 12.5. The normalized spacial score (nSPS) is 13.1. The van der Waals surface area contributed by atoms with Crippen molar-refractivity contribution in [2.45, 2.75) is 19.5 Å². The van der Waals surface area contributed by atoms with Gasteiger partial charge in [-0.25, -0.2) is 0 Å². The third-order valence-electron chi connectivity index (χ3n) is 4.84. The van der Waals surface area contributed by atoms with Crippen molar-refractivity contribution in [3.8, 4) is 0 Å². The minimum absolute atomic E-state index is 0.177. The lowest BCUT2D eigenvalue weighted by atomic mass is 9.99. The van der Waals surface area contributed by atoms with Gasteiger partial charge in [0.1, 0.15) is 5.69 Å². The number of amides is 1. The summed E-state index contributed by atoms with van der Waals surface area (Å²) in [4.78, 5) is 19.0. The number of hydrogen-bond acceptors (Lipinski definition) is 3. The Bertz CT molecular complexity index is 956. The number of benzene rings is 2. The Hall–Kier alpha value is -2.85. The number of halogens is 1. The van der Waals surface area contributed by atoms with Crippen LogP contribution in [0.4, 0.5) is 5.69 Å². The number of aromatic nitrogens is 1. The van der Waals surface area contributed by atoms with Gasteiger partial charge in [-0.2, -0.15) is 0 Å². The monoisotopic (exact) mass is 377 g/mol. The molecule has 0 unspecified atom stereocenters. The zero-order valence-electron chi connectivity index (χ0n) is 14.9. The van der Waals surface area contributed by atoms with E-state index in [1.807, 2.05) is 36.4 Å². The lowest BCUT2D eigenvalue weighted by Gasteiger charge is -2.30. The van der Waals surface area contributed by atoms with Crippen LogP contribution in [0.2, 0.25) is 5.02 Å². The minimum atomic E-state index is -0.177. The third-order valence-corrected chi connectivity index (χ3v) is 5.09. The molecule has 0 radical (unpaired) electrons. The summed E-state index contributed by atoms with van der Waals surface area (Å²) in [6, 6.07) is 19.8. The zero-order valence-corrected chi connectivity index (χ0v) is 15.6. The van der Waals surface area contributed by atoms with Gasteiger partial charge in [-0.3, -0.25) is 9.78 Å². The molecule has 27 heavy (non-hydrogen) atoms. The first-order valence-electron chi connectivity index (χ1n) is 8.99. The van der Waals surface area contributed by atoms with Crippen LogP contribution in [0.1, 0.15) is 27.2 Å². The van der Waals surface area contributed by atoms with Crippen LogP contribution >= 0.6 is 11.6 Å². The van der Waals surface area contributed by atoms with Crippen molar-refractivity contribution in [1.82, 2.24) is 10.3 Å². The largest absolute Gasteiger partial charge is 0.367 e. The number of carbonyl (C=O) groups excluding carboxylic acids is 1. The van der Waals surface area contributed by atoms with Crippen molar-refractivity contribution in [2.75, 3.05) is 11.4 Å². The molecule has 1 amide bonds. The van der Waals surface area contributed by atoms with Crippen molar-refractivity contribution < 1.29 is 4.79 Å². The molecule has 0 atom stereocenters. The van der Waals surface area contributed by atoms with E-state index in [2.05, 4.69) is 39.5 Å². The second-order valence-electron chi connectivity index (χ2n) is 6.65. The highest BCUT2D eigenvalue weighted by Crippen LogP contribution is 2.24. The molecule has 1 aromatic heterocycles. The Morgan fingerprint density at radius 1 is 1.07 bits per heavy atom. The van der Waals surface area contributed by atoms with Gasteiger partial charge >= 0.3 is 0 Å². The predicted molar refractivity (Wildman–Crippen MR) is 108 cm³/mol. The van der Waals surface area contributed by atoms with E-state index in [0.29, 0.717) is 17.3 Å². The van der Waals surface area contributed by atoms with E-state index in [4.69, 9.17) is 11.6 Å². The Morgan fingerprint density at radius 3 is 2.67 bits per heavy atom. The van der Waals surface area contributed by atoms with Gasteiger partial charge in [0.15, 0.2) is 0 Å². The fourth-order valence-corrected chi connectivity index (χ4v) is 3.46. The lowest BCUT2D eigenvalue weighted by molar-refractivity contribution is 0.0946. The summed E-state index contributed by atoms with van der Waals surface area (Å²) in [6.07, 6.45) is 2.71. The molecule has 0 saturated carbocycles. The van der Waals surface area contributed by atoms with Gasteiger partial charge in [-0.05, 0) is 47.4 Å². The molecule has 1 N–H and O–H groups in total. The quantitative estimate of drug-likeness (QED) is 0.740. The molecule has 4 rings (SSSR count). The number of fused-ring (bicyclic) bond motifs is 1. The fraction of sp³-hybridized carbons (Fsp3) is 0.182. The maximum atomic E-state index is 12.5. The minimum Gasteiger partial charge on any atom is -0.367 e. The number of anilines is 1. The van der Waals surface area contributed by atoms with Gasteiger partial charge < -0.3 is 10.2 Å². The molecular formula is C22H20ClN3O. The van der Waals surface area contributed by atoms with E-state index < -0.39 is 0 Å². The molecule has 2 heterocycles. The summed E-state index contributed by atoms with van der Waals surface area (Å²) in [5, 5.41) is 3.60. The van der Waals surface area contributed by atoms with Crippen LogP contribution in [0.15, 0.2) is 66.9 Å². The molecule has 5 heteroatoms. The van der Waals surface area contributed by atoms with Gasteiger partial charge in [0.25, 0.3) is 5.91 Å². The van der Waals surface area contributed by atoms with Gasteiger partial charge in [-0.15, -0.1) is 0 Å². The standard InChI is InChI=1S/C22H20ClN3O/c23-19-7-5-16(6-8-19)14-25-22(27)21-13-20(9-11-24-21)26-12-10-17-3-1-2-4-18(17)15-26/h1-9,11,13H,10,12,14-15H2,(H,25,27). The third kappa shape index (κ3) is 4.12. The Labute approximate surface area is 163 Å². The maximum Gasteiger partial charge on any atom is 0.270 e. The molecule has 4 nitrogen and oxygen atoms in total. The van der Waals surface area contributed by atoms with Crippen molar-refractivity contribution in [3.63, 3.8) is 0 Å². The first-order valence-corrected chi connectivity index (χ1v) is 9.37. The SMILES string of the molecule is O=C(NCc1ccc(Cl)cc1)c1cc(N2CCc3ccccc3C2)ccn1. The van der Waals surface area contributed by atoms with Crippen LogP contribution in [-0.4, -0.2) is 17.4 Å². The zero-order chi connectivity index (χ0) is 18.6. The van der Waals surface area contributed by atoms with Crippen LogP contribution < -0.4 is 10.2 Å². The second-order valence-corrected chi connectivity index (χ2v) is 7.09. The summed E-state index contributed by atoms with van der Waals surface area (Å²) >= 11 is 5.89. The van der Waals surface area contributed by atoms with Crippen LogP contribution in [0.25, 0.3) is 0 Å². The predicted octanol–water partition coefficient (Wildman–Crippen LogP) is 4.23. The van der Waals surface area contributed by atoms with E-state index in [0.717, 1.165) is 30.8 Å². The fourth-order valence-electron chi connectivity index (χ4n) is 3.33. The van der Waals surface area contributed by atoms with E-state index in [9.17, 15) is 4.79 Å². The van der Waals surface area contributed by atoms with Gasteiger partial charge in [0, 0.05) is 36.5 Å². The van der Waals surface area contributed by atoms with Crippen LogP contribution in [-0.2, 0) is 19.5 Å². The van der Waals surface area contributed by atoms with E-state index in [1.165, 1.54) is 11.1 Å². The molecular weight excluding hydrogens is 358 g/mol. The van der Waals surface area contributed by atoms with Crippen molar-refractivity contribution in [3.05, 3.63) is 94.3 Å². The van der Waals surface area contributed by atoms with E-state index in [1.54, 1.807) is 6.20 Å². The van der Waals surface area contributed by atoms with E-state index in [-0.39, 0.29) is 5.91 Å².